The maximum absolute atomic E-state index is 12.1. The average molecular weight is 349 g/mol. The summed E-state index contributed by atoms with van der Waals surface area (Å²) in [5.41, 5.74) is 5.23. The predicted octanol–water partition coefficient (Wildman–Crippen LogP) is 3.56. The first-order valence-corrected chi connectivity index (χ1v) is 8.62. The van der Waals surface area contributed by atoms with Gasteiger partial charge in [-0.25, -0.2) is 9.48 Å². The number of benzene rings is 1. The number of hydrogen-bond acceptors (Lipinski definition) is 3. The molecular weight excluding hydrogens is 326 g/mol. The van der Waals surface area contributed by atoms with Crippen molar-refractivity contribution >= 4 is 11.8 Å². The van der Waals surface area contributed by atoms with Crippen molar-refractivity contribution in [1.29, 1.82) is 0 Å². The molecule has 0 fully saturated rings. The van der Waals surface area contributed by atoms with E-state index in [2.05, 4.69) is 20.7 Å². The number of rotatable bonds is 5. The van der Waals surface area contributed by atoms with E-state index in [0.29, 0.717) is 12.4 Å². The Morgan fingerprint density at radius 3 is 2.62 bits per heavy atom. The van der Waals surface area contributed by atoms with E-state index in [9.17, 15) is 4.79 Å². The lowest BCUT2D eigenvalue weighted by Gasteiger charge is -2.07. The van der Waals surface area contributed by atoms with Gasteiger partial charge in [-0.05, 0) is 51.0 Å². The van der Waals surface area contributed by atoms with Crippen LogP contribution in [0.15, 0.2) is 48.7 Å². The van der Waals surface area contributed by atoms with Crippen molar-refractivity contribution in [2.75, 3.05) is 11.9 Å². The summed E-state index contributed by atoms with van der Waals surface area (Å²) < 4.78 is 1.81. The predicted molar refractivity (Wildman–Crippen MR) is 103 cm³/mol. The van der Waals surface area contributed by atoms with Crippen molar-refractivity contribution in [2.45, 2.75) is 27.2 Å². The van der Waals surface area contributed by atoms with Gasteiger partial charge in [0.1, 0.15) is 0 Å². The number of aromatic nitrogens is 3. The first-order valence-electron chi connectivity index (χ1n) is 8.62. The van der Waals surface area contributed by atoms with Gasteiger partial charge >= 0.3 is 6.03 Å². The fourth-order valence-electron chi connectivity index (χ4n) is 2.74. The quantitative estimate of drug-likeness (QED) is 0.740. The summed E-state index contributed by atoms with van der Waals surface area (Å²) >= 11 is 0. The summed E-state index contributed by atoms with van der Waals surface area (Å²) in [6, 6.07) is 13.6. The average Bonchev–Trinajstić information content (AvgIpc) is 2.97. The molecule has 0 aliphatic carbocycles. The standard InChI is InChI=1S/C20H23N5O/c1-14-6-8-18(9-7-14)25-15(2)13-19(24-25)23-20(26)22-12-10-17-5-4-11-21-16(17)3/h4-9,11,13H,10,12H2,1-3H3,(H2,22,23,24,26). The molecule has 0 aliphatic rings. The van der Waals surface area contributed by atoms with Gasteiger partial charge < -0.3 is 5.32 Å². The van der Waals surface area contributed by atoms with Crippen LogP contribution in [0.2, 0.25) is 0 Å². The molecule has 2 aromatic heterocycles. The summed E-state index contributed by atoms with van der Waals surface area (Å²) in [5.74, 6) is 0.526. The molecule has 134 valence electrons. The van der Waals surface area contributed by atoms with E-state index in [1.807, 2.05) is 67.9 Å². The molecule has 0 aliphatic heterocycles. The summed E-state index contributed by atoms with van der Waals surface area (Å²) in [5, 5.41) is 10.1. The number of hydrogen-bond donors (Lipinski definition) is 2. The maximum atomic E-state index is 12.1. The number of carbonyl (C=O) groups excluding carboxylic acids is 1. The third-order valence-corrected chi connectivity index (χ3v) is 4.20. The molecule has 1 aromatic carbocycles. The molecule has 0 bridgehead atoms. The molecule has 0 radical (unpaired) electrons. The van der Waals surface area contributed by atoms with Crippen LogP contribution in [0, 0.1) is 20.8 Å². The topological polar surface area (TPSA) is 71.8 Å². The van der Waals surface area contributed by atoms with Crippen LogP contribution >= 0.6 is 0 Å². The van der Waals surface area contributed by atoms with Crippen LogP contribution in [0.3, 0.4) is 0 Å². The van der Waals surface area contributed by atoms with Gasteiger partial charge in [-0.2, -0.15) is 0 Å². The second-order valence-corrected chi connectivity index (χ2v) is 6.30. The Labute approximate surface area is 153 Å². The number of amides is 2. The van der Waals surface area contributed by atoms with Crippen LogP contribution < -0.4 is 10.6 Å². The van der Waals surface area contributed by atoms with Crippen molar-refractivity contribution in [3.8, 4) is 5.69 Å². The molecule has 6 heteroatoms. The maximum Gasteiger partial charge on any atom is 0.320 e. The van der Waals surface area contributed by atoms with Gasteiger partial charge in [-0.15, -0.1) is 5.10 Å². The Bertz CT molecular complexity index is 899. The molecule has 0 unspecified atom stereocenters. The number of nitrogens with one attached hydrogen (secondary N) is 2. The third-order valence-electron chi connectivity index (χ3n) is 4.20. The summed E-state index contributed by atoms with van der Waals surface area (Å²) in [6.45, 7) is 6.51. The van der Waals surface area contributed by atoms with E-state index >= 15 is 0 Å². The number of aryl methyl sites for hydroxylation is 3. The van der Waals surface area contributed by atoms with Crippen LogP contribution in [0.5, 0.6) is 0 Å². The van der Waals surface area contributed by atoms with Gasteiger partial charge in [-0.3, -0.25) is 10.3 Å². The van der Waals surface area contributed by atoms with Gasteiger partial charge in [-0.1, -0.05) is 23.8 Å². The van der Waals surface area contributed by atoms with Crippen LogP contribution in [0.4, 0.5) is 10.6 Å². The van der Waals surface area contributed by atoms with Gasteiger partial charge in [0.05, 0.1) is 5.69 Å². The Morgan fingerprint density at radius 2 is 1.88 bits per heavy atom. The molecule has 0 spiro atoms. The monoisotopic (exact) mass is 349 g/mol. The van der Waals surface area contributed by atoms with Crippen LogP contribution in [0.25, 0.3) is 5.69 Å². The van der Waals surface area contributed by atoms with Gasteiger partial charge in [0.15, 0.2) is 5.82 Å². The van der Waals surface area contributed by atoms with Crippen LogP contribution in [-0.4, -0.2) is 27.3 Å². The van der Waals surface area contributed by atoms with Crippen molar-refractivity contribution < 1.29 is 4.79 Å². The molecule has 6 nitrogen and oxygen atoms in total. The van der Waals surface area contributed by atoms with E-state index in [-0.39, 0.29) is 6.03 Å². The van der Waals surface area contributed by atoms with E-state index in [1.165, 1.54) is 5.56 Å². The zero-order valence-corrected chi connectivity index (χ0v) is 15.3. The first-order chi connectivity index (χ1) is 12.5. The lowest BCUT2D eigenvalue weighted by molar-refractivity contribution is 0.252. The Morgan fingerprint density at radius 1 is 1.12 bits per heavy atom. The van der Waals surface area contributed by atoms with E-state index in [1.54, 1.807) is 6.20 Å². The zero-order valence-electron chi connectivity index (χ0n) is 15.3. The minimum atomic E-state index is -0.264. The van der Waals surface area contributed by atoms with E-state index in [0.717, 1.165) is 29.1 Å². The van der Waals surface area contributed by atoms with E-state index in [4.69, 9.17) is 0 Å². The molecule has 2 amide bonds. The highest BCUT2D eigenvalue weighted by Crippen LogP contribution is 2.15. The highest BCUT2D eigenvalue weighted by atomic mass is 16.2. The molecule has 0 saturated heterocycles. The van der Waals surface area contributed by atoms with Crippen molar-refractivity contribution in [3.63, 3.8) is 0 Å². The van der Waals surface area contributed by atoms with Gasteiger partial charge in [0.2, 0.25) is 0 Å². The molecule has 26 heavy (non-hydrogen) atoms. The number of pyridine rings is 1. The third kappa shape index (κ3) is 4.27. The van der Waals surface area contributed by atoms with Gasteiger partial charge in [0.25, 0.3) is 0 Å². The molecule has 0 saturated carbocycles. The molecule has 3 rings (SSSR count). The summed E-state index contributed by atoms with van der Waals surface area (Å²) in [4.78, 5) is 16.4. The molecule has 2 heterocycles. The summed E-state index contributed by atoms with van der Waals surface area (Å²) in [6.07, 6.45) is 2.51. The highest BCUT2D eigenvalue weighted by Gasteiger charge is 2.09. The summed E-state index contributed by atoms with van der Waals surface area (Å²) in [7, 11) is 0. The van der Waals surface area contributed by atoms with Crippen molar-refractivity contribution in [2.24, 2.45) is 0 Å². The molecule has 3 aromatic rings. The van der Waals surface area contributed by atoms with Crippen LogP contribution in [-0.2, 0) is 6.42 Å². The van der Waals surface area contributed by atoms with Crippen LogP contribution in [0.1, 0.15) is 22.5 Å². The minimum Gasteiger partial charge on any atom is -0.337 e. The zero-order chi connectivity index (χ0) is 18.5. The first kappa shape index (κ1) is 17.7. The minimum absolute atomic E-state index is 0.264. The largest absolute Gasteiger partial charge is 0.337 e. The van der Waals surface area contributed by atoms with Crippen molar-refractivity contribution in [1.82, 2.24) is 20.1 Å². The highest BCUT2D eigenvalue weighted by molar-refractivity contribution is 5.88. The Hall–Kier alpha value is -3.15. The lowest BCUT2D eigenvalue weighted by atomic mass is 10.1. The van der Waals surface area contributed by atoms with Crippen molar-refractivity contribution in [3.05, 3.63) is 71.2 Å². The molecule has 2 N–H and O–H groups in total. The number of urea groups is 1. The fourth-order valence-corrected chi connectivity index (χ4v) is 2.74. The van der Waals surface area contributed by atoms with E-state index < -0.39 is 0 Å². The van der Waals surface area contributed by atoms with Gasteiger partial charge in [0, 0.05) is 30.2 Å². The second kappa shape index (κ2) is 7.82. The number of anilines is 1. The SMILES string of the molecule is Cc1ccc(-n2nc(NC(=O)NCCc3cccnc3C)cc2C)cc1. The number of nitrogens with zero attached hydrogens (tertiary/aromatic N) is 3. The second-order valence-electron chi connectivity index (χ2n) is 6.30. The Balaban J connectivity index is 1.57. The smallest absolute Gasteiger partial charge is 0.320 e. The molecule has 0 atom stereocenters. The Kier molecular flexibility index (Phi) is 5.31. The normalized spacial score (nSPS) is 10.6. The fraction of sp³-hybridized carbons (Fsp3) is 0.250. The lowest BCUT2D eigenvalue weighted by Crippen LogP contribution is -2.30. The molecular formula is C20H23N5O. The number of carbonyl (C=O) groups is 1.